The molecule has 1 aromatic carbocycles. The fourth-order valence-corrected chi connectivity index (χ4v) is 2.32. The third-order valence-electron chi connectivity index (χ3n) is 3.44. The van der Waals surface area contributed by atoms with Gasteiger partial charge in [0.05, 0.1) is 5.54 Å². The number of rotatable bonds is 4. The van der Waals surface area contributed by atoms with Crippen LogP contribution in [0.4, 0.5) is 0 Å². The minimum atomic E-state index is -0.726. The molecule has 0 fully saturated rings. The summed E-state index contributed by atoms with van der Waals surface area (Å²) in [6.07, 6.45) is 0.622. The number of aryl methyl sites for hydroxylation is 1. The normalized spacial score (nSPS) is 13.8. The molecule has 0 aliphatic carbocycles. The van der Waals surface area contributed by atoms with Gasteiger partial charge in [0.2, 0.25) is 5.89 Å². The van der Waals surface area contributed by atoms with E-state index in [9.17, 15) is 0 Å². The number of pyridine rings is 1. The van der Waals surface area contributed by atoms with Crippen LogP contribution >= 0.6 is 0 Å². The van der Waals surface area contributed by atoms with Gasteiger partial charge in [-0.05, 0) is 38.0 Å². The van der Waals surface area contributed by atoms with Gasteiger partial charge in [0.1, 0.15) is 5.69 Å². The van der Waals surface area contributed by atoms with Crippen molar-refractivity contribution in [3.63, 3.8) is 0 Å². The van der Waals surface area contributed by atoms with Crippen molar-refractivity contribution in [3.05, 3.63) is 65.7 Å². The third kappa shape index (κ3) is 3.04. The second-order valence-corrected chi connectivity index (χ2v) is 5.66. The Morgan fingerprint density at radius 1 is 1.05 bits per heavy atom. The molecule has 0 saturated heterocycles. The van der Waals surface area contributed by atoms with Gasteiger partial charge in [-0.15, -0.1) is 10.2 Å². The van der Waals surface area contributed by atoms with Crippen molar-refractivity contribution in [3.8, 4) is 11.6 Å². The van der Waals surface area contributed by atoms with Crippen molar-refractivity contribution in [1.29, 1.82) is 0 Å². The van der Waals surface area contributed by atoms with Gasteiger partial charge in [0.25, 0.3) is 5.89 Å². The van der Waals surface area contributed by atoms with Crippen molar-refractivity contribution in [2.45, 2.75) is 25.8 Å². The summed E-state index contributed by atoms with van der Waals surface area (Å²) in [7, 11) is 0. The molecule has 2 heterocycles. The average molecular weight is 294 g/mol. The molecule has 3 rings (SSSR count). The van der Waals surface area contributed by atoms with E-state index in [-0.39, 0.29) is 0 Å². The zero-order chi connectivity index (χ0) is 15.6. The first-order valence-corrected chi connectivity index (χ1v) is 7.15. The van der Waals surface area contributed by atoms with Crippen LogP contribution in [-0.2, 0) is 12.0 Å². The highest BCUT2D eigenvalue weighted by Gasteiger charge is 2.29. The molecule has 5 nitrogen and oxygen atoms in total. The molecule has 5 heteroatoms. The molecule has 0 spiro atoms. The number of nitrogens with two attached hydrogens (primary N) is 1. The highest BCUT2D eigenvalue weighted by molar-refractivity contribution is 5.46. The Morgan fingerprint density at radius 3 is 2.55 bits per heavy atom. The van der Waals surface area contributed by atoms with Gasteiger partial charge in [0.15, 0.2) is 0 Å². The summed E-state index contributed by atoms with van der Waals surface area (Å²) in [6.45, 7) is 3.81. The van der Waals surface area contributed by atoms with Gasteiger partial charge in [-0.3, -0.25) is 0 Å². The molecule has 112 valence electrons. The summed E-state index contributed by atoms with van der Waals surface area (Å²) < 4.78 is 5.75. The minimum absolute atomic E-state index is 0.392. The smallest absolute Gasteiger partial charge is 0.266 e. The second kappa shape index (κ2) is 5.69. The first-order valence-electron chi connectivity index (χ1n) is 7.15. The van der Waals surface area contributed by atoms with E-state index in [0.717, 1.165) is 11.3 Å². The maximum atomic E-state index is 6.37. The summed E-state index contributed by atoms with van der Waals surface area (Å²) in [6, 6.07) is 15.7. The Kier molecular flexibility index (Phi) is 3.73. The lowest BCUT2D eigenvalue weighted by atomic mass is 9.94. The van der Waals surface area contributed by atoms with Crippen molar-refractivity contribution >= 4 is 0 Å². The van der Waals surface area contributed by atoms with Crippen molar-refractivity contribution in [2.75, 3.05) is 0 Å². The lowest BCUT2D eigenvalue weighted by molar-refractivity contribution is 0.355. The van der Waals surface area contributed by atoms with Gasteiger partial charge < -0.3 is 10.2 Å². The summed E-state index contributed by atoms with van der Waals surface area (Å²) in [5.74, 6) is 0.804. The molecule has 22 heavy (non-hydrogen) atoms. The summed E-state index contributed by atoms with van der Waals surface area (Å²) in [5, 5.41) is 8.18. The molecule has 0 unspecified atom stereocenters. The van der Waals surface area contributed by atoms with Crippen LogP contribution in [0.1, 0.15) is 24.1 Å². The standard InChI is InChI=1S/C17H18N4O/c1-12-7-6-10-14(19-12)15-20-21-16(22-15)17(2,18)11-13-8-4-3-5-9-13/h3-10H,11,18H2,1-2H3/t17-/m1/s1. The SMILES string of the molecule is Cc1cccc(-c2nnc([C@](C)(N)Cc3ccccc3)o2)n1. The number of aromatic nitrogens is 3. The van der Waals surface area contributed by atoms with Gasteiger partial charge in [0, 0.05) is 5.69 Å². The first-order chi connectivity index (χ1) is 10.5. The highest BCUT2D eigenvalue weighted by Crippen LogP contribution is 2.24. The zero-order valence-electron chi connectivity index (χ0n) is 12.7. The molecule has 0 bridgehead atoms. The van der Waals surface area contributed by atoms with E-state index in [1.165, 1.54) is 0 Å². The van der Waals surface area contributed by atoms with Crippen LogP contribution in [0.25, 0.3) is 11.6 Å². The predicted molar refractivity (Wildman–Crippen MR) is 84.0 cm³/mol. The Bertz CT molecular complexity index is 765. The Labute approximate surface area is 129 Å². The third-order valence-corrected chi connectivity index (χ3v) is 3.44. The molecule has 1 atom stereocenters. The molecule has 0 aliphatic heterocycles. The van der Waals surface area contributed by atoms with E-state index in [0.29, 0.717) is 23.9 Å². The van der Waals surface area contributed by atoms with Crippen LogP contribution in [0.3, 0.4) is 0 Å². The lowest BCUT2D eigenvalue weighted by Gasteiger charge is -2.19. The van der Waals surface area contributed by atoms with Crippen LogP contribution < -0.4 is 5.73 Å². The monoisotopic (exact) mass is 294 g/mol. The number of nitrogens with zero attached hydrogens (tertiary/aromatic N) is 3. The van der Waals surface area contributed by atoms with Gasteiger partial charge >= 0.3 is 0 Å². The van der Waals surface area contributed by atoms with E-state index in [2.05, 4.69) is 15.2 Å². The predicted octanol–water partition coefficient (Wildman–Crippen LogP) is 2.86. The van der Waals surface area contributed by atoms with Crippen LogP contribution in [-0.4, -0.2) is 15.2 Å². The minimum Gasteiger partial charge on any atom is -0.417 e. The molecule has 0 saturated carbocycles. The largest absolute Gasteiger partial charge is 0.417 e. The second-order valence-electron chi connectivity index (χ2n) is 5.66. The molecule has 0 radical (unpaired) electrons. The van der Waals surface area contributed by atoms with Crippen LogP contribution in [0.5, 0.6) is 0 Å². The Hall–Kier alpha value is -2.53. The molecule has 2 aromatic heterocycles. The fraction of sp³-hybridized carbons (Fsp3) is 0.235. The fourth-order valence-electron chi connectivity index (χ4n) is 2.32. The number of hydrogen-bond donors (Lipinski definition) is 1. The Balaban J connectivity index is 1.86. The topological polar surface area (TPSA) is 77.8 Å². The van der Waals surface area contributed by atoms with Crippen molar-refractivity contribution < 1.29 is 4.42 Å². The van der Waals surface area contributed by atoms with Gasteiger partial charge in [-0.1, -0.05) is 36.4 Å². The molecule has 3 aromatic rings. The number of hydrogen-bond acceptors (Lipinski definition) is 5. The van der Waals surface area contributed by atoms with Crippen molar-refractivity contribution in [2.24, 2.45) is 5.73 Å². The maximum absolute atomic E-state index is 6.37. The molecule has 0 amide bonds. The zero-order valence-corrected chi connectivity index (χ0v) is 12.7. The average Bonchev–Trinajstić information content (AvgIpc) is 2.98. The van der Waals surface area contributed by atoms with Crippen LogP contribution in [0.15, 0.2) is 52.9 Å². The molecular weight excluding hydrogens is 276 g/mol. The summed E-state index contributed by atoms with van der Waals surface area (Å²) >= 11 is 0. The quantitative estimate of drug-likeness (QED) is 0.800. The van der Waals surface area contributed by atoms with Crippen LogP contribution in [0, 0.1) is 6.92 Å². The lowest BCUT2D eigenvalue weighted by Crippen LogP contribution is -2.35. The molecule has 0 aliphatic rings. The van der Waals surface area contributed by atoms with E-state index in [1.807, 2.05) is 62.4 Å². The van der Waals surface area contributed by atoms with E-state index in [4.69, 9.17) is 10.2 Å². The number of benzene rings is 1. The Morgan fingerprint density at radius 2 is 1.82 bits per heavy atom. The first kappa shape index (κ1) is 14.4. The van der Waals surface area contributed by atoms with Crippen LogP contribution in [0.2, 0.25) is 0 Å². The van der Waals surface area contributed by atoms with E-state index >= 15 is 0 Å². The van der Waals surface area contributed by atoms with Gasteiger partial charge in [-0.25, -0.2) is 4.98 Å². The van der Waals surface area contributed by atoms with E-state index in [1.54, 1.807) is 0 Å². The maximum Gasteiger partial charge on any atom is 0.266 e. The molecule has 2 N–H and O–H groups in total. The molecular formula is C17H18N4O. The van der Waals surface area contributed by atoms with E-state index < -0.39 is 5.54 Å². The highest BCUT2D eigenvalue weighted by atomic mass is 16.4. The summed E-state index contributed by atoms with van der Waals surface area (Å²) in [5.41, 5.74) is 8.34. The van der Waals surface area contributed by atoms with Gasteiger partial charge in [-0.2, -0.15) is 0 Å². The summed E-state index contributed by atoms with van der Waals surface area (Å²) in [4.78, 5) is 4.39. The van der Waals surface area contributed by atoms with Crippen molar-refractivity contribution in [1.82, 2.24) is 15.2 Å².